The van der Waals surface area contributed by atoms with Crippen LogP contribution in [0.3, 0.4) is 0 Å². The second kappa shape index (κ2) is 5.64. The molecule has 0 spiro atoms. The van der Waals surface area contributed by atoms with E-state index >= 15 is 0 Å². The molecule has 2 atom stereocenters. The Kier molecular flexibility index (Phi) is 3.72. The summed E-state index contributed by atoms with van der Waals surface area (Å²) < 4.78 is 0. The van der Waals surface area contributed by atoms with Crippen LogP contribution in [-0.2, 0) is 0 Å². The standard InChI is InChI=1S/C16H23N3/c1-19-11-10-17-16(19)18-12-14-8-5-9-15(14)13-6-3-2-4-7-13/h2-4,6-7,14-15H,5,8-12H2,1H3,(H,17,18). The fourth-order valence-corrected chi connectivity index (χ4v) is 3.37. The maximum Gasteiger partial charge on any atom is 0.193 e. The van der Waals surface area contributed by atoms with Gasteiger partial charge >= 0.3 is 0 Å². The Morgan fingerprint density at radius 1 is 1.26 bits per heavy atom. The highest BCUT2D eigenvalue weighted by Crippen LogP contribution is 2.39. The molecule has 0 radical (unpaired) electrons. The van der Waals surface area contributed by atoms with E-state index in [0.717, 1.165) is 37.4 Å². The van der Waals surface area contributed by atoms with Gasteiger partial charge in [0, 0.05) is 20.1 Å². The largest absolute Gasteiger partial charge is 0.356 e. The van der Waals surface area contributed by atoms with Gasteiger partial charge in [0.2, 0.25) is 0 Å². The number of likely N-dealkylation sites (N-methyl/N-ethyl adjacent to an activating group) is 1. The molecule has 0 amide bonds. The molecule has 0 saturated heterocycles. The van der Waals surface area contributed by atoms with Gasteiger partial charge in [-0.05, 0) is 30.2 Å². The van der Waals surface area contributed by atoms with Gasteiger partial charge in [-0.15, -0.1) is 0 Å². The number of hydrogen-bond donors (Lipinski definition) is 1. The van der Waals surface area contributed by atoms with Crippen molar-refractivity contribution < 1.29 is 0 Å². The molecule has 19 heavy (non-hydrogen) atoms. The predicted molar refractivity (Wildman–Crippen MR) is 79.5 cm³/mol. The summed E-state index contributed by atoms with van der Waals surface area (Å²) in [6.45, 7) is 3.05. The molecule has 1 N–H and O–H groups in total. The van der Waals surface area contributed by atoms with Crippen molar-refractivity contribution in [3.05, 3.63) is 35.9 Å². The minimum atomic E-state index is 0.723. The van der Waals surface area contributed by atoms with E-state index in [2.05, 4.69) is 52.6 Å². The molecular formula is C16H23N3. The van der Waals surface area contributed by atoms with Crippen LogP contribution in [0.25, 0.3) is 0 Å². The normalized spacial score (nSPS) is 26.6. The molecule has 2 aliphatic rings. The molecule has 0 aromatic heterocycles. The smallest absolute Gasteiger partial charge is 0.193 e. The van der Waals surface area contributed by atoms with E-state index in [4.69, 9.17) is 0 Å². The fraction of sp³-hybridized carbons (Fsp3) is 0.562. The van der Waals surface area contributed by atoms with Crippen LogP contribution in [0.2, 0.25) is 0 Å². The Balaban J connectivity index is 1.61. The summed E-state index contributed by atoms with van der Waals surface area (Å²) in [5.74, 6) is 2.55. The van der Waals surface area contributed by atoms with Gasteiger partial charge in [0.1, 0.15) is 0 Å². The number of nitrogens with one attached hydrogen (secondary N) is 1. The predicted octanol–water partition coefficient (Wildman–Crippen LogP) is 2.46. The van der Waals surface area contributed by atoms with E-state index in [1.54, 1.807) is 0 Å². The van der Waals surface area contributed by atoms with Gasteiger partial charge in [0.05, 0.1) is 6.54 Å². The first-order chi connectivity index (χ1) is 9.34. The third kappa shape index (κ3) is 2.75. The molecule has 1 heterocycles. The van der Waals surface area contributed by atoms with Crippen LogP contribution < -0.4 is 5.32 Å². The van der Waals surface area contributed by atoms with Gasteiger partial charge in [-0.25, -0.2) is 0 Å². The van der Waals surface area contributed by atoms with E-state index in [0.29, 0.717) is 0 Å². The van der Waals surface area contributed by atoms with Crippen molar-refractivity contribution in [1.29, 1.82) is 0 Å². The van der Waals surface area contributed by atoms with Crippen molar-refractivity contribution in [1.82, 2.24) is 10.2 Å². The summed E-state index contributed by atoms with van der Waals surface area (Å²) in [6, 6.07) is 11.0. The maximum absolute atomic E-state index is 4.51. The molecule has 1 aliphatic carbocycles. The number of rotatable bonds is 3. The summed E-state index contributed by atoms with van der Waals surface area (Å²) in [5.41, 5.74) is 1.51. The minimum Gasteiger partial charge on any atom is -0.356 e. The lowest BCUT2D eigenvalue weighted by molar-refractivity contribution is 0.458. The molecule has 0 bridgehead atoms. The molecule has 3 nitrogen and oxygen atoms in total. The molecular weight excluding hydrogens is 234 g/mol. The number of hydrogen-bond acceptors (Lipinski definition) is 3. The third-order valence-corrected chi connectivity index (χ3v) is 4.47. The quantitative estimate of drug-likeness (QED) is 0.901. The lowest BCUT2D eigenvalue weighted by Gasteiger charge is -2.23. The summed E-state index contributed by atoms with van der Waals surface area (Å²) in [5, 5.41) is 3.55. The first-order valence-electron chi connectivity index (χ1n) is 7.39. The molecule has 1 saturated carbocycles. The topological polar surface area (TPSA) is 27.6 Å². The molecule has 3 heteroatoms. The average molecular weight is 257 g/mol. The second-order valence-corrected chi connectivity index (χ2v) is 5.72. The third-order valence-electron chi connectivity index (χ3n) is 4.47. The molecule has 3 rings (SSSR count). The van der Waals surface area contributed by atoms with Crippen molar-refractivity contribution in [3.63, 3.8) is 0 Å². The zero-order valence-electron chi connectivity index (χ0n) is 11.7. The molecule has 1 aromatic carbocycles. The van der Waals surface area contributed by atoms with Crippen molar-refractivity contribution in [2.75, 3.05) is 26.7 Å². The van der Waals surface area contributed by atoms with Crippen LogP contribution in [0, 0.1) is 5.92 Å². The number of nitrogens with zero attached hydrogens (tertiary/aromatic N) is 2. The first-order valence-corrected chi connectivity index (χ1v) is 7.39. The molecule has 1 aromatic rings. The van der Waals surface area contributed by atoms with Crippen LogP contribution in [0.5, 0.6) is 0 Å². The zero-order valence-corrected chi connectivity index (χ0v) is 11.7. The highest BCUT2D eigenvalue weighted by Gasteiger charge is 2.28. The fourth-order valence-electron chi connectivity index (χ4n) is 3.37. The first kappa shape index (κ1) is 12.5. The maximum atomic E-state index is 4.51. The molecule has 1 aliphatic heterocycles. The van der Waals surface area contributed by atoms with Crippen LogP contribution in [-0.4, -0.2) is 37.5 Å². The molecule has 2 unspecified atom stereocenters. The van der Waals surface area contributed by atoms with Crippen molar-refractivity contribution in [3.8, 4) is 0 Å². The Labute approximate surface area is 115 Å². The van der Waals surface area contributed by atoms with Crippen LogP contribution in [0.1, 0.15) is 30.7 Å². The highest BCUT2D eigenvalue weighted by atomic mass is 15.3. The van der Waals surface area contributed by atoms with E-state index < -0.39 is 0 Å². The lowest BCUT2D eigenvalue weighted by Crippen LogP contribution is -2.38. The van der Waals surface area contributed by atoms with Gasteiger partial charge in [0.25, 0.3) is 0 Å². The van der Waals surface area contributed by atoms with Crippen molar-refractivity contribution in [2.45, 2.75) is 25.2 Å². The number of aliphatic imine (C=N–C) groups is 1. The summed E-state index contributed by atoms with van der Waals surface area (Å²) in [7, 11) is 2.11. The number of guanidine groups is 1. The Hall–Kier alpha value is -1.51. The van der Waals surface area contributed by atoms with Gasteiger partial charge in [-0.1, -0.05) is 36.8 Å². The van der Waals surface area contributed by atoms with Gasteiger partial charge in [-0.3, -0.25) is 4.99 Å². The van der Waals surface area contributed by atoms with Gasteiger partial charge in [0.15, 0.2) is 5.96 Å². The van der Waals surface area contributed by atoms with Gasteiger partial charge in [-0.2, -0.15) is 0 Å². The van der Waals surface area contributed by atoms with Crippen LogP contribution in [0.4, 0.5) is 0 Å². The Morgan fingerprint density at radius 2 is 2.11 bits per heavy atom. The van der Waals surface area contributed by atoms with E-state index in [-0.39, 0.29) is 0 Å². The van der Waals surface area contributed by atoms with E-state index in [9.17, 15) is 0 Å². The summed E-state index contributed by atoms with van der Waals surface area (Å²) >= 11 is 0. The zero-order chi connectivity index (χ0) is 13.1. The highest BCUT2D eigenvalue weighted by molar-refractivity contribution is 5.81. The Morgan fingerprint density at radius 3 is 2.84 bits per heavy atom. The minimum absolute atomic E-state index is 0.723. The van der Waals surface area contributed by atoms with E-state index in [1.807, 2.05) is 0 Å². The van der Waals surface area contributed by atoms with E-state index in [1.165, 1.54) is 24.8 Å². The van der Waals surface area contributed by atoms with Gasteiger partial charge < -0.3 is 10.2 Å². The molecule has 1 fully saturated rings. The summed E-state index contributed by atoms with van der Waals surface area (Å²) in [6.07, 6.45) is 4.02. The Bertz CT molecular complexity index is 441. The number of benzene rings is 1. The van der Waals surface area contributed by atoms with Crippen molar-refractivity contribution >= 4 is 5.96 Å². The SMILES string of the molecule is CN1CCN=C1NCC1CCCC1c1ccccc1. The van der Waals surface area contributed by atoms with Crippen molar-refractivity contribution in [2.24, 2.45) is 10.9 Å². The second-order valence-electron chi connectivity index (χ2n) is 5.72. The lowest BCUT2D eigenvalue weighted by atomic mass is 9.89. The molecule has 102 valence electrons. The van der Waals surface area contributed by atoms with Crippen LogP contribution >= 0.6 is 0 Å². The monoisotopic (exact) mass is 257 g/mol. The summed E-state index contributed by atoms with van der Waals surface area (Å²) in [4.78, 5) is 6.72. The average Bonchev–Trinajstić information content (AvgIpc) is 3.06. The van der Waals surface area contributed by atoms with Crippen LogP contribution in [0.15, 0.2) is 35.3 Å².